The van der Waals surface area contributed by atoms with Crippen LogP contribution in [0.25, 0.3) is 0 Å². The molecule has 1 amide bonds. The van der Waals surface area contributed by atoms with Crippen molar-refractivity contribution in [2.45, 2.75) is 31.1 Å². The molecule has 2 fully saturated rings. The second kappa shape index (κ2) is 5.12. The standard InChI is InChI=1S/C11H19NO4/c1-14-7-10(13)12-5-6-16-11-8(12)3-4-9(11)15-2/h8-9,11H,3-7H2,1-2H3/t8-,9+,11+/m0/s1. The third kappa shape index (κ3) is 2.07. The molecule has 1 aliphatic carbocycles. The van der Waals surface area contributed by atoms with Gasteiger partial charge in [0.2, 0.25) is 5.91 Å². The maximum absolute atomic E-state index is 11.8. The molecule has 1 saturated heterocycles. The topological polar surface area (TPSA) is 48.0 Å². The number of fused-ring (bicyclic) bond motifs is 1. The summed E-state index contributed by atoms with van der Waals surface area (Å²) in [6.45, 7) is 1.41. The third-order valence-electron chi connectivity index (χ3n) is 3.43. The number of amides is 1. The molecule has 0 bridgehead atoms. The van der Waals surface area contributed by atoms with Crippen molar-refractivity contribution >= 4 is 5.91 Å². The van der Waals surface area contributed by atoms with Gasteiger partial charge in [0.25, 0.3) is 0 Å². The minimum atomic E-state index is 0.0413. The SMILES string of the molecule is COCC(=O)N1CCO[C@H]2[C@H](OC)CC[C@@H]21. The zero-order valence-electron chi connectivity index (χ0n) is 9.85. The van der Waals surface area contributed by atoms with Crippen LogP contribution in [0.15, 0.2) is 0 Å². The number of morpholine rings is 1. The van der Waals surface area contributed by atoms with Crippen LogP contribution in [0.1, 0.15) is 12.8 Å². The summed E-state index contributed by atoms with van der Waals surface area (Å²) in [6.07, 6.45) is 2.09. The number of nitrogens with zero attached hydrogens (tertiary/aromatic N) is 1. The summed E-state index contributed by atoms with van der Waals surface area (Å²) in [7, 11) is 3.24. The van der Waals surface area contributed by atoms with Gasteiger partial charge in [-0.3, -0.25) is 4.79 Å². The molecule has 92 valence electrons. The minimum Gasteiger partial charge on any atom is -0.379 e. The van der Waals surface area contributed by atoms with E-state index in [-0.39, 0.29) is 30.8 Å². The van der Waals surface area contributed by atoms with E-state index in [1.165, 1.54) is 0 Å². The van der Waals surface area contributed by atoms with Gasteiger partial charge in [-0.05, 0) is 12.8 Å². The first-order valence-electron chi connectivity index (χ1n) is 5.70. The molecule has 0 N–H and O–H groups in total. The number of carbonyl (C=O) groups is 1. The molecule has 0 aromatic heterocycles. The van der Waals surface area contributed by atoms with E-state index in [9.17, 15) is 4.79 Å². The molecule has 0 aromatic rings. The van der Waals surface area contributed by atoms with Crippen molar-refractivity contribution in [3.05, 3.63) is 0 Å². The molecule has 0 aromatic carbocycles. The fourth-order valence-electron chi connectivity index (χ4n) is 2.68. The molecule has 1 aliphatic heterocycles. The van der Waals surface area contributed by atoms with Crippen LogP contribution in [-0.2, 0) is 19.0 Å². The van der Waals surface area contributed by atoms with Gasteiger partial charge in [-0.25, -0.2) is 0 Å². The quantitative estimate of drug-likeness (QED) is 0.685. The lowest BCUT2D eigenvalue weighted by molar-refractivity contribution is -0.153. The maximum Gasteiger partial charge on any atom is 0.248 e. The van der Waals surface area contributed by atoms with E-state index < -0.39 is 0 Å². The summed E-state index contributed by atoms with van der Waals surface area (Å²) >= 11 is 0. The molecule has 16 heavy (non-hydrogen) atoms. The highest BCUT2D eigenvalue weighted by molar-refractivity contribution is 5.78. The molecule has 5 heteroatoms. The Hall–Kier alpha value is -0.650. The van der Waals surface area contributed by atoms with Gasteiger partial charge >= 0.3 is 0 Å². The van der Waals surface area contributed by atoms with Crippen LogP contribution >= 0.6 is 0 Å². The summed E-state index contributed by atoms with van der Waals surface area (Å²) in [5, 5.41) is 0. The van der Waals surface area contributed by atoms with E-state index >= 15 is 0 Å². The first-order chi connectivity index (χ1) is 7.77. The summed E-state index contributed by atoms with van der Waals surface area (Å²) in [5.74, 6) is 0.0533. The Labute approximate surface area is 95.6 Å². The maximum atomic E-state index is 11.8. The third-order valence-corrected chi connectivity index (χ3v) is 3.43. The van der Waals surface area contributed by atoms with Crippen molar-refractivity contribution in [1.29, 1.82) is 0 Å². The Bertz CT molecular complexity index is 258. The van der Waals surface area contributed by atoms with E-state index in [2.05, 4.69) is 0 Å². The van der Waals surface area contributed by atoms with Crippen LogP contribution in [-0.4, -0.2) is 63.0 Å². The molecule has 0 spiro atoms. The summed E-state index contributed by atoms with van der Waals surface area (Å²) in [5.41, 5.74) is 0. The van der Waals surface area contributed by atoms with Gasteiger partial charge in [-0.1, -0.05) is 0 Å². The summed E-state index contributed by atoms with van der Waals surface area (Å²) in [6, 6.07) is 0.168. The first-order valence-corrected chi connectivity index (χ1v) is 5.70. The molecular weight excluding hydrogens is 210 g/mol. The van der Waals surface area contributed by atoms with Crippen LogP contribution in [0.2, 0.25) is 0 Å². The predicted octanol–water partition coefficient (Wildman–Crippen LogP) is 0.0376. The van der Waals surface area contributed by atoms with Gasteiger partial charge in [0.05, 0.1) is 18.8 Å². The van der Waals surface area contributed by atoms with Crippen LogP contribution in [0, 0.1) is 0 Å². The monoisotopic (exact) mass is 229 g/mol. The number of carbonyl (C=O) groups excluding carboxylic acids is 1. The van der Waals surface area contributed by atoms with Crippen LogP contribution in [0.3, 0.4) is 0 Å². The molecular formula is C11H19NO4. The van der Waals surface area contributed by atoms with Crippen molar-refractivity contribution in [2.24, 2.45) is 0 Å². The van der Waals surface area contributed by atoms with Gasteiger partial charge in [0, 0.05) is 20.8 Å². The fourth-order valence-corrected chi connectivity index (χ4v) is 2.68. The van der Waals surface area contributed by atoms with Crippen molar-refractivity contribution in [3.8, 4) is 0 Å². The zero-order valence-corrected chi connectivity index (χ0v) is 9.85. The average molecular weight is 229 g/mol. The smallest absolute Gasteiger partial charge is 0.248 e. The van der Waals surface area contributed by atoms with Gasteiger partial charge in [-0.2, -0.15) is 0 Å². The van der Waals surface area contributed by atoms with E-state index in [4.69, 9.17) is 14.2 Å². The van der Waals surface area contributed by atoms with E-state index in [1.807, 2.05) is 4.90 Å². The average Bonchev–Trinajstić information content (AvgIpc) is 2.71. The highest BCUT2D eigenvalue weighted by Gasteiger charge is 2.44. The first kappa shape index (κ1) is 11.8. The lowest BCUT2D eigenvalue weighted by atomic mass is 10.1. The summed E-state index contributed by atoms with van der Waals surface area (Å²) in [4.78, 5) is 13.7. The normalized spacial score (nSPS) is 33.9. The van der Waals surface area contributed by atoms with E-state index in [0.29, 0.717) is 13.2 Å². The molecule has 1 heterocycles. The highest BCUT2D eigenvalue weighted by Crippen LogP contribution is 2.31. The molecule has 0 radical (unpaired) electrons. The Balaban J connectivity index is 2.02. The second-order valence-electron chi connectivity index (χ2n) is 4.27. The van der Waals surface area contributed by atoms with Gasteiger partial charge in [0.15, 0.2) is 0 Å². The van der Waals surface area contributed by atoms with Gasteiger partial charge < -0.3 is 19.1 Å². The Morgan fingerprint density at radius 2 is 2.25 bits per heavy atom. The minimum absolute atomic E-state index is 0.0413. The second-order valence-corrected chi connectivity index (χ2v) is 4.27. The highest BCUT2D eigenvalue weighted by atomic mass is 16.5. The lowest BCUT2D eigenvalue weighted by Crippen LogP contribution is -2.54. The number of rotatable bonds is 3. The number of ether oxygens (including phenoxy) is 3. The van der Waals surface area contributed by atoms with Crippen LogP contribution in [0.5, 0.6) is 0 Å². The number of hydrogen-bond donors (Lipinski definition) is 0. The fraction of sp³-hybridized carbons (Fsp3) is 0.909. The molecule has 2 rings (SSSR count). The molecule has 1 saturated carbocycles. The molecule has 2 aliphatic rings. The van der Waals surface area contributed by atoms with Crippen molar-refractivity contribution in [2.75, 3.05) is 34.0 Å². The lowest BCUT2D eigenvalue weighted by Gasteiger charge is -2.38. The number of hydrogen-bond acceptors (Lipinski definition) is 4. The van der Waals surface area contributed by atoms with Crippen LogP contribution in [0.4, 0.5) is 0 Å². The van der Waals surface area contributed by atoms with E-state index in [1.54, 1.807) is 14.2 Å². The van der Waals surface area contributed by atoms with Crippen molar-refractivity contribution in [1.82, 2.24) is 4.90 Å². The Morgan fingerprint density at radius 1 is 1.44 bits per heavy atom. The Kier molecular flexibility index (Phi) is 3.78. The van der Waals surface area contributed by atoms with Crippen molar-refractivity contribution in [3.63, 3.8) is 0 Å². The van der Waals surface area contributed by atoms with Crippen molar-refractivity contribution < 1.29 is 19.0 Å². The molecule has 3 atom stereocenters. The summed E-state index contributed by atoms with van der Waals surface area (Å²) < 4.78 is 16.0. The van der Waals surface area contributed by atoms with Crippen LogP contribution < -0.4 is 0 Å². The zero-order chi connectivity index (χ0) is 11.5. The van der Waals surface area contributed by atoms with Gasteiger partial charge in [0.1, 0.15) is 12.7 Å². The largest absolute Gasteiger partial charge is 0.379 e. The number of methoxy groups -OCH3 is 2. The Morgan fingerprint density at radius 3 is 2.94 bits per heavy atom. The molecule has 5 nitrogen and oxygen atoms in total. The van der Waals surface area contributed by atoms with E-state index in [0.717, 1.165) is 12.8 Å². The molecule has 0 unspecified atom stereocenters. The predicted molar refractivity (Wildman–Crippen MR) is 57.1 cm³/mol. The van der Waals surface area contributed by atoms with Gasteiger partial charge in [-0.15, -0.1) is 0 Å².